The van der Waals surface area contributed by atoms with Crippen molar-refractivity contribution < 1.29 is 36.3 Å². The lowest BCUT2D eigenvalue weighted by atomic mass is 9.91. The lowest BCUT2D eigenvalue weighted by molar-refractivity contribution is -0.151. The largest absolute Gasteiger partial charge is 0.426 e. The average Bonchev–Trinajstić information content (AvgIpc) is 2.73. The first-order valence-electron chi connectivity index (χ1n) is 11.1. The number of piperidine rings is 1. The van der Waals surface area contributed by atoms with Crippen molar-refractivity contribution in [1.82, 2.24) is 0 Å². The van der Waals surface area contributed by atoms with E-state index in [0.717, 1.165) is 18.6 Å². The third-order valence-electron chi connectivity index (χ3n) is 5.45. The molecular formula is C24H26F5N3O3. The quantitative estimate of drug-likeness (QED) is 0.277. The van der Waals surface area contributed by atoms with Crippen LogP contribution in [0.3, 0.4) is 0 Å². The fourth-order valence-corrected chi connectivity index (χ4v) is 4.11. The van der Waals surface area contributed by atoms with Gasteiger partial charge in [0.15, 0.2) is 0 Å². The second-order valence-corrected chi connectivity index (χ2v) is 8.82. The van der Waals surface area contributed by atoms with E-state index in [0.29, 0.717) is 36.7 Å². The molecule has 3 rings (SSSR count). The minimum absolute atomic E-state index is 0.0534. The number of hydrogen-bond acceptors (Lipinski definition) is 4. The van der Waals surface area contributed by atoms with Gasteiger partial charge >= 0.3 is 18.2 Å². The summed E-state index contributed by atoms with van der Waals surface area (Å²) in [7, 11) is 0. The molecule has 0 radical (unpaired) electrons. The van der Waals surface area contributed by atoms with Gasteiger partial charge in [-0.15, -0.1) is 0 Å². The Morgan fingerprint density at radius 1 is 1.00 bits per heavy atom. The summed E-state index contributed by atoms with van der Waals surface area (Å²) in [5.41, 5.74) is 0.570. The first kappa shape index (κ1) is 26.2. The zero-order valence-electron chi connectivity index (χ0n) is 19.2. The fourth-order valence-electron chi connectivity index (χ4n) is 4.11. The number of anilines is 3. The lowest BCUT2D eigenvalue weighted by Crippen LogP contribution is -2.39. The Morgan fingerprint density at radius 2 is 1.66 bits per heavy atom. The average molecular weight is 499 g/mol. The summed E-state index contributed by atoms with van der Waals surface area (Å²) in [6.45, 7) is 5.57. The second-order valence-electron chi connectivity index (χ2n) is 8.82. The van der Waals surface area contributed by atoms with Crippen LogP contribution in [0.2, 0.25) is 0 Å². The van der Waals surface area contributed by atoms with E-state index < -0.39 is 42.7 Å². The summed E-state index contributed by atoms with van der Waals surface area (Å²) in [4.78, 5) is 26.5. The normalized spacial score (nSPS) is 18.2. The standard InChI is InChI=1S/C24H26F5N3O3/c1-14-9-15(2)13-32(12-14)21-6-4-17(35-22(33)7-8-24(27,28)29)11-20(21)31-23(34)30-19-5-3-16(25)10-18(19)26/h3-6,10-11,14-15H,7-9,12-13H2,1-2H3,(H2,30,31,34). The van der Waals surface area contributed by atoms with Crippen molar-refractivity contribution in [2.45, 2.75) is 39.3 Å². The summed E-state index contributed by atoms with van der Waals surface area (Å²) < 4.78 is 69.3. The van der Waals surface area contributed by atoms with E-state index in [1.165, 1.54) is 12.1 Å². The van der Waals surface area contributed by atoms with Crippen molar-refractivity contribution in [3.05, 3.63) is 48.0 Å². The van der Waals surface area contributed by atoms with Crippen LogP contribution >= 0.6 is 0 Å². The molecule has 35 heavy (non-hydrogen) atoms. The Kier molecular flexibility index (Phi) is 8.18. The predicted octanol–water partition coefficient (Wildman–Crippen LogP) is 6.34. The van der Waals surface area contributed by atoms with Crippen LogP contribution in [0.15, 0.2) is 36.4 Å². The molecule has 6 nitrogen and oxygen atoms in total. The Balaban J connectivity index is 1.82. The van der Waals surface area contributed by atoms with Crippen LogP contribution in [0, 0.1) is 23.5 Å². The molecule has 2 unspecified atom stereocenters. The van der Waals surface area contributed by atoms with Crippen LogP contribution in [0.25, 0.3) is 0 Å². The van der Waals surface area contributed by atoms with Crippen LogP contribution in [-0.4, -0.2) is 31.3 Å². The van der Waals surface area contributed by atoms with Crippen molar-refractivity contribution >= 4 is 29.1 Å². The lowest BCUT2D eigenvalue weighted by Gasteiger charge is -2.37. The van der Waals surface area contributed by atoms with Gasteiger partial charge in [-0.25, -0.2) is 13.6 Å². The Bertz CT molecular complexity index is 1070. The molecule has 1 fully saturated rings. The second kappa shape index (κ2) is 10.9. The molecule has 2 amide bonds. The molecule has 2 aromatic rings. The molecule has 0 saturated carbocycles. The number of amides is 2. The number of ether oxygens (including phenoxy) is 1. The Labute approximate surface area is 199 Å². The van der Waals surface area contributed by atoms with Crippen molar-refractivity contribution in [3.8, 4) is 5.75 Å². The smallest absolute Gasteiger partial charge is 0.389 e. The van der Waals surface area contributed by atoms with Crippen molar-refractivity contribution in [3.63, 3.8) is 0 Å². The highest BCUT2D eigenvalue weighted by molar-refractivity contribution is 6.02. The molecule has 1 saturated heterocycles. The van der Waals surface area contributed by atoms with Gasteiger partial charge in [0, 0.05) is 25.2 Å². The number of hydrogen-bond donors (Lipinski definition) is 2. The fraction of sp³-hybridized carbons (Fsp3) is 0.417. The molecule has 2 N–H and O–H groups in total. The maximum Gasteiger partial charge on any atom is 0.389 e. The molecule has 1 aliphatic heterocycles. The van der Waals surface area contributed by atoms with Crippen LogP contribution in [0.5, 0.6) is 5.75 Å². The van der Waals surface area contributed by atoms with Crippen LogP contribution in [0.1, 0.15) is 33.1 Å². The van der Waals surface area contributed by atoms with Gasteiger partial charge in [-0.1, -0.05) is 13.8 Å². The number of rotatable bonds is 6. The maximum absolute atomic E-state index is 13.9. The molecular weight excluding hydrogens is 473 g/mol. The number of halogens is 5. The van der Waals surface area contributed by atoms with E-state index in [-0.39, 0.29) is 17.1 Å². The first-order chi connectivity index (χ1) is 16.4. The van der Waals surface area contributed by atoms with Crippen molar-refractivity contribution in [1.29, 1.82) is 0 Å². The summed E-state index contributed by atoms with van der Waals surface area (Å²) in [6.07, 6.45) is -5.63. The highest BCUT2D eigenvalue weighted by Gasteiger charge is 2.29. The topological polar surface area (TPSA) is 70.7 Å². The van der Waals surface area contributed by atoms with E-state index in [4.69, 9.17) is 4.74 Å². The minimum atomic E-state index is -4.50. The number of nitrogens with zero attached hydrogens (tertiary/aromatic N) is 1. The summed E-state index contributed by atoms with van der Waals surface area (Å²) >= 11 is 0. The van der Waals surface area contributed by atoms with Crippen molar-refractivity contribution in [2.24, 2.45) is 11.8 Å². The van der Waals surface area contributed by atoms with Gasteiger partial charge < -0.3 is 20.3 Å². The molecule has 1 heterocycles. The van der Waals surface area contributed by atoms with Crippen LogP contribution in [-0.2, 0) is 4.79 Å². The zero-order valence-corrected chi connectivity index (χ0v) is 19.2. The highest BCUT2D eigenvalue weighted by atomic mass is 19.4. The molecule has 190 valence electrons. The number of alkyl halides is 3. The summed E-state index contributed by atoms with van der Waals surface area (Å²) in [6, 6.07) is 6.21. The van der Waals surface area contributed by atoms with E-state index in [9.17, 15) is 31.5 Å². The van der Waals surface area contributed by atoms with E-state index >= 15 is 0 Å². The van der Waals surface area contributed by atoms with Crippen LogP contribution in [0.4, 0.5) is 43.8 Å². The number of esters is 1. The van der Waals surface area contributed by atoms with Crippen LogP contribution < -0.4 is 20.3 Å². The third-order valence-corrected chi connectivity index (χ3v) is 5.45. The summed E-state index contributed by atoms with van der Waals surface area (Å²) in [5, 5.41) is 4.86. The Hall–Kier alpha value is -3.37. The molecule has 0 aromatic heterocycles. The number of nitrogens with one attached hydrogen (secondary N) is 2. The van der Waals surface area contributed by atoms with Gasteiger partial charge in [-0.2, -0.15) is 13.2 Å². The molecule has 2 aromatic carbocycles. The maximum atomic E-state index is 13.9. The molecule has 0 bridgehead atoms. The van der Waals surface area contributed by atoms with Crippen molar-refractivity contribution in [2.75, 3.05) is 28.6 Å². The van der Waals surface area contributed by atoms with Gasteiger partial charge in [0.25, 0.3) is 0 Å². The minimum Gasteiger partial charge on any atom is -0.426 e. The third kappa shape index (κ3) is 7.83. The van der Waals surface area contributed by atoms with E-state index in [1.807, 2.05) is 4.90 Å². The van der Waals surface area contributed by atoms with Gasteiger partial charge in [-0.05, 0) is 42.5 Å². The number of urea groups is 1. The van der Waals surface area contributed by atoms with Gasteiger partial charge in [-0.3, -0.25) is 4.79 Å². The molecule has 1 aliphatic rings. The van der Waals surface area contributed by atoms with Gasteiger partial charge in [0.05, 0.1) is 29.9 Å². The van der Waals surface area contributed by atoms with E-state index in [1.54, 1.807) is 6.07 Å². The first-order valence-corrected chi connectivity index (χ1v) is 11.1. The molecule has 11 heteroatoms. The monoisotopic (exact) mass is 499 g/mol. The number of carbonyl (C=O) groups excluding carboxylic acids is 2. The zero-order chi connectivity index (χ0) is 25.8. The van der Waals surface area contributed by atoms with Gasteiger partial charge in [0.1, 0.15) is 17.4 Å². The SMILES string of the molecule is CC1CC(C)CN(c2ccc(OC(=O)CCC(F)(F)F)cc2NC(=O)Nc2ccc(F)cc2F)C1. The van der Waals surface area contributed by atoms with Gasteiger partial charge in [0.2, 0.25) is 0 Å². The summed E-state index contributed by atoms with van der Waals surface area (Å²) in [5.74, 6) is -2.15. The number of benzene rings is 2. The van der Waals surface area contributed by atoms with E-state index in [2.05, 4.69) is 24.5 Å². The highest BCUT2D eigenvalue weighted by Crippen LogP contribution is 2.35. The molecule has 0 spiro atoms. The predicted molar refractivity (Wildman–Crippen MR) is 122 cm³/mol. The number of carbonyl (C=O) groups is 2. The molecule has 2 atom stereocenters. The Morgan fingerprint density at radius 3 is 2.29 bits per heavy atom. The molecule has 0 aliphatic carbocycles.